The number of rotatable bonds is 5. The zero-order valence-corrected chi connectivity index (χ0v) is 14.5. The molecule has 3 aromatic rings. The molecule has 0 spiro atoms. The Balaban J connectivity index is 1.65. The Hall–Kier alpha value is -3.40. The normalized spacial score (nSPS) is 10.2. The van der Waals surface area contributed by atoms with E-state index in [2.05, 4.69) is 10.6 Å². The van der Waals surface area contributed by atoms with Gasteiger partial charge in [-0.2, -0.15) is 0 Å². The largest absolute Gasteiger partial charge is 0.334 e. The lowest BCUT2D eigenvalue weighted by atomic mass is 9.97. The highest BCUT2D eigenvalue weighted by molar-refractivity contribution is 6.01. The Bertz CT molecular complexity index is 903. The van der Waals surface area contributed by atoms with E-state index in [9.17, 15) is 9.59 Å². The Morgan fingerprint density at radius 3 is 2.15 bits per heavy atom. The van der Waals surface area contributed by atoms with Crippen molar-refractivity contribution in [3.8, 4) is 11.1 Å². The number of ketones is 1. The Labute approximate surface area is 152 Å². The van der Waals surface area contributed by atoms with Crippen LogP contribution in [0.3, 0.4) is 0 Å². The van der Waals surface area contributed by atoms with Gasteiger partial charge in [0.2, 0.25) is 0 Å². The molecule has 0 unspecified atom stereocenters. The summed E-state index contributed by atoms with van der Waals surface area (Å²) in [4.78, 5) is 23.8. The molecule has 4 nitrogen and oxygen atoms in total. The third-order valence-electron chi connectivity index (χ3n) is 4.06. The standard InChI is InChI=1S/C22H20N2O2/c1-16(25)20-9-5-6-10-21(20)18-11-13-19(14-12-18)24-22(26)23-15-17-7-3-2-4-8-17/h2-14H,15H2,1H3,(H2,23,24,26). The SMILES string of the molecule is CC(=O)c1ccccc1-c1ccc(NC(=O)NCc2ccccc2)cc1. The minimum Gasteiger partial charge on any atom is -0.334 e. The molecule has 3 aromatic carbocycles. The molecule has 0 atom stereocenters. The molecule has 3 rings (SSSR count). The van der Waals surface area contributed by atoms with E-state index >= 15 is 0 Å². The fourth-order valence-corrected chi connectivity index (χ4v) is 2.73. The van der Waals surface area contributed by atoms with Crippen molar-refractivity contribution in [2.45, 2.75) is 13.5 Å². The second kappa shape index (κ2) is 8.12. The van der Waals surface area contributed by atoms with Crippen LogP contribution in [0.1, 0.15) is 22.8 Å². The highest BCUT2D eigenvalue weighted by Crippen LogP contribution is 2.25. The maximum Gasteiger partial charge on any atom is 0.319 e. The number of carbonyl (C=O) groups is 2. The average molecular weight is 344 g/mol. The number of benzene rings is 3. The van der Waals surface area contributed by atoms with Crippen molar-refractivity contribution in [1.29, 1.82) is 0 Å². The van der Waals surface area contributed by atoms with Crippen LogP contribution in [0, 0.1) is 0 Å². The first-order chi connectivity index (χ1) is 12.6. The molecule has 2 N–H and O–H groups in total. The molecule has 26 heavy (non-hydrogen) atoms. The first-order valence-corrected chi connectivity index (χ1v) is 8.42. The quantitative estimate of drug-likeness (QED) is 0.648. The van der Waals surface area contributed by atoms with E-state index in [0.29, 0.717) is 17.8 Å². The van der Waals surface area contributed by atoms with Crippen molar-refractivity contribution in [3.05, 3.63) is 90.0 Å². The summed E-state index contributed by atoms with van der Waals surface area (Å²) < 4.78 is 0. The van der Waals surface area contributed by atoms with Crippen molar-refractivity contribution < 1.29 is 9.59 Å². The van der Waals surface area contributed by atoms with Gasteiger partial charge in [-0.25, -0.2) is 4.79 Å². The van der Waals surface area contributed by atoms with E-state index < -0.39 is 0 Å². The van der Waals surface area contributed by atoms with Gasteiger partial charge in [-0.1, -0.05) is 66.7 Å². The predicted molar refractivity (Wildman–Crippen MR) is 104 cm³/mol. The van der Waals surface area contributed by atoms with Crippen LogP contribution in [0.5, 0.6) is 0 Å². The molecular weight excluding hydrogens is 324 g/mol. The maximum atomic E-state index is 12.0. The minimum atomic E-state index is -0.259. The van der Waals surface area contributed by atoms with Crippen molar-refractivity contribution in [2.75, 3.05) is 5.32 Å². The van der Waals surface area contributed by atoms with Crippen LogP contribution in [0.15, 0.2) is 78.9 Å². The van der Waals surface area contributed by atoms with Gasteiger partial charge in [0.1, 0.15) is 0 Å². The van der Waals surface area contributed by atoms with Crippen LogP contribution in [-0.2, 0) is 6.54 Å². The van der Waals surface area contributed by atoms with Crippen LogP contribution >= 0.6 is 0 Å². The number of urea groups is 1. The number of carbonyl (C=O) groups excluding carboxylic acids is 2. The monoisotopic (exact) mass is 344 g/mol. The second-order valence-corrected chi connectivity index (χ2v) is 5.97. The molecule has 0 aliphatic carbocycles. The molecule has 2 amide bonds. The average Bonchev–Trinajstić information content (AvgIpc) is 2.68. The van der Waals surface area contributed by atoms with E-state index in [0.717, 1.165) is 16.7 Å². The van der Waals surface area contributed by atoms with Crippen molar-refractivity contribution in [1.82, 2.24) is 5.32 Å². The van der Waals surface area contributed by atoms with Gasteiger partial charge < -0.3 is 10.6 Å². The van der Waals surface area contributed by atoms with Crippen molar-refractivity contribution >= 4 is 17.5 Å². The Morgan fingerprint density at radius 1 is 0.808 bits per heavy atom. The lowest BCUT2D eigenvalue weighted by Crippen LogP contribution is -2.28. The van der Waals surface area contributed by atoms with E-state index in [-0.39, 0.29) is 11.8 Å². The lowest BCUT2D eigenvalue weighted by Gasteiger charge is -2.10. The summed E-state index contributed by atoms with van der Waals surface area (Å²) in [6.45, 7) is 2.03. The number of amides is 2. The van der Waals surface area contributed by atoms with E-state index in [1.807, 2.05) is 78.9 Å². The van der Waals surface area contributed by atoms with E-state index in [1.165, 1.54) is 0 Å². The first-order valence-electron chi connectivity index (χ1n) is 8.42. The number of hydrogen-bond acceptors (Lipinski definition) is 2. The van der Waals surface area contributed by atoms with Gasteiger partial charge >= 0.3 is 6.03 Å². The van der Waals surface area contributed by atoms with E-state index in [1.54, 1.807) is 6.92 Å². The third kappa shape index (κ3) is 4.36. The molecule has 4 heteroatoms. The molecule has 0 saturated heterocycles. The summed E-state index contributed by atoms with van der Waals surface area (Å²) in [7, 11) is 0. The summed E-state index contributed by atoms with van der Waals surface area (Å²) in [6.07, 6.45) is 0. The van der Waals surface area contributed by atoms with Crippen LogP contribution in [-0.4, -0.2) is 11.8 Å². The van der Waals surface area contributed by atoms with Crippen LogP contribution in [0.2, 0.25) is 0 Å². The molecule has 0 fully saturated rings. The van der Waals surface area contributed by atoms with Crippen molar-refractivity contribution in [2.24, 2.45) is 0 Å². The molecular formula is C22H20N2O2. The van der Waals surface area contributed by atoms with Gasteiger partial charge in [0.25, 0.3) is 0 Å². The number of nitrogens with one attached hydrogen (secondary N) is 2. The number of Topliss-reactive ketones (excluding diaryl/α,β-unsaturated/α-hetero) is 1. The first kappa shape index (κ1) is 17.4. The molecule has 0 heterocycles. The van der Waals surface area contributed by atoms with Gasteiger partial charge in [-0.05, 0) is 35.7 Å². The third-order valence-corrected chi connectivity index (χ3v) is 4.06. The maximum absolute atomic E-state index is 12.0. The van der Waals surface area contributed by atoms with Gasteiger partial charge in [0.15, 0.2) is 5.78 Å². The summed E-state index contributed by atoms with van der Waals surface area (Å²) in [5.41, 5.74) is 4.25. The summed E-state index contributed by atoms with van der Waals surface area (Å²) in [6, 6.07) is 24.4. The summed E-state index contributed by atoms with van der Waals surface area (Å²) >= 11 is 0. The minimum absolute atomic E-state index is 0.0306. The number of anilines is 1. The summed E-state index contributed by atoms with van der Waals surface area (Å²) in [5, 5.41) is 5.63. The molecule has 130 valence electrons. The molecule has 0 saturated carbocycles. The molecule has 0 aliphatic rings. The predicted octanol–water partition coefficient (Wildman–Crippen LogP) is 4.88. The zero-order valence-electron chi connectivity index (χ0n) is 14.5. The Morgan fingerprint density at radius 2 is 1.46 bits per heavy atom. The van der Waals surface area contributed by atoms with E-state index in [4.69, 9.17) is 0 Å². The molecule has 0 radical (unpaired) electrons. The second-order valence-electron chi connectivity index (χ2n) is 5.97. The van der Waals surface area contributed by atoms with Gasteiger partial charge in [0.05, 0.1) is 0 Å². The van der Waals surface area contributed by atoms with Crippen LogP contribution in [0.25, 0.3) is 11.1 Å². The van der Waals surface area contributed by atoms with Gasteiger partial charge in [-0.3, -0.25) is 4.79 Å². The van der Waals surface area contributed by atoms with Gasteiger partial charge in [0, 0.05) is 17.8 Å². The van der Waals surface area contributed by atoms with Crippen LogP contribution in [0.4, 0.5) is 10.5 Å². The summed E-state index contributed by atoms with van der Waals surface area (Å²) in [5.74, 6) is 0.0306. The Kier molecular flexibility index (Phi) is 5.44. The molecule has 0 aliphatic heterocycles. The van der Waals surface area contributed by atoms with Gasteiger partial charge in [-0.15, -0.1) is 0 Å². The topological polar surface area (TPSA) is 58.2 Å². The highest BCUT2D eigenvalue weighted by atomic mass is 16.2. The fourth-order valence-electron chi connectivity index (χ4n) is 2.73. The molecule has 0 bridgehead atoms. The number of hydrogen-bond donors (Lipinski definition) is 2. The van der Waals surface area contributed by atoms with Crippen LogP contribution < -0.4 is 10.6 Å². The molecule has 0 aromatic heterocycles. The lowest BCUT2D eigenvalue weighted by molar-refractivity contribution is 0.101. The zero-order chi connectivity index (χ0) is 18.4. The smallest absolute Gasteiger partial charge is 0.319 e. The fraction of sp³-hybridized carbons (Fsp3) is 0.0909. The van der Waals surface area contributed by atoms with Crippen molar-refractivity contribution in [3.63, 3.8) is 0 Å². The highest BCUT2D eigenvalue weighted by Gasteiger charge is 2.08.